The molecule has 2 amide bonds. The van der Waals surface area contributed by atoms with Crippen LogP contribution in [-0.2, 0) is 30.4 Å². The number of carbonyl (C=O) groups excluding carboxylic acids is 3. The number of esters is 1. The normalized spacial score (nSPS) is 35.7. The first-order chi connectivity index (χ1) is 16.9. The number of nitrogens with zero attached hydrogens (tertiary/aromatic N) is 2. The molecule has 0 aromatic heterocycles. The smallest absolute Gasteiger partial charge is 0.313 e. The van der Waals surface area contributed by atoms with E-state index in [1.807, 2.05) is 48.6 Å². The van der Waals surface area contributed by atoms with Gasteiger partial charge >= 0.3 is 5.97 Å². The van der Waals surface area contributed by atoms with Crippen molar-refractivity contribution in [3.63, 3.8) is 0 Å². The molecule has 35 heavy (non-hydrogen) atoms. The van der Waals surface area contributed by atoms with Gasteiger partial charge in [0.2, 0.25) is 11.8 Å². The molecule has 0 saturated carbocycles. The largest absolute Gasteiger partial charge is 0.465 e. The van der Waals surface area contributed by atoms with Gasteiger partial charge in [-0.15, -0.1) is 0 Å². The van der Waals surface area contributed by atoms with Crippen LogP contribution in [0, 0.1) is 11.8 Å². The van der Waals surface area contributed by atoms with Gasteiger partial charge in [0.25, 0.3) is 0 Å². The Labute approximate surface area is 205 Å². The predicted molar refractivity (Wildman–Crippen MR) is 127 cm³/mol. The summed E-state index contributed by atoms with van der Waals surface area (Å²) in [4.78, 5) is 44.3. The summed E-state index contributed by atoms with van der Waals surface area (Å²) in [6, 6.07) is 8.68. The number of cyclic esters (lactones) is 1. The lowest BCUT2D eigenvalue weighted by Crippen LogP contribution is -2.56. The fraction of sp³-hybridized carbons (Fsp3) is 0.519. The van der Waals surface area contributed by atoms with Gasteiger partial charge in [0.05, 0.1) is 24.7 Å². The van der Waals surface area contributed by atoms with Crippen LogP contribution in [0.4, 0.5) is 0 Å². The summed E-state index contributed by atoms with van der Waals surface area (Å²) in [6.45, 7) is 2.51. The number of aliphatic hydroxyl groups excluding tert-OH is 1. The summed E-state index contributed by atoms with van der Waals surface area (Å²) in [5.74, 6) is -2.91. The topological polar surface area (TPSA) is 96.4 Å². The number of benzene rings is 1. The lowest BCUT2D eigenvalue weighted by molar-refractivity contribution is -0.160. The maximum absolute atomic E-state index is 14.0. The number of likely N-dealkylation sites (tertiary alicyclic amines) is 1. The van der Waals surface area contributed by atoms with Crippen LogP contribution in [0.15, 0.2) is 54.6 Å². The molecule has 1 spiro atoms. The Hall–Kier alpha value is -2.97. The molecule has 8 nitrogen and oxygen atoms in total. The highest BCUT2D eigenvalue weighted by Crippen LogP contribution is 2.57. The van der Waals surface area contributed by atoms with Crippen LogP contribution >= 0.6 is 0 Å². The second kappa shape index (κ2) is 9.24. The number of hydrogen-bond acceptors (Lipinski definition) is 6. The molecule has 4 aliphatic rings. The van der Waals surface area contributed by atoms with Crippen LogP contribution in [0.5, 0.6) is 0 Å². The van der Waals surface area contributed by atoms with Gasteiger partial charge in [0, 0.05) is 19.6 Å². The van der Waals surface area contributed by atoms with Crippen molar-refractivity contribution in [2.75, 3.05) is 26.3 Å². The summed E-state index contributed by atoms with van der Waals surface area (Å²) >= 11 is 0. The molecular formula is C27H32N2O6. The van der Waals surface area contributed by atoms with Gasteiger partial charge in [0.15, 0.2) is 0 Å². The Morgan fingerprint density at radius 1 is 1.03 bits per heavy atom. The molecule has 0 radical (unpaired) electrons. The van der Waals surface area contributed by atoms with E-state index in [0.717, 1.165) is 24.8 Å². The number of fused-ring (bicyclic) bond motifs is 2. The van der Waals surface area contributed by atoms with E-state index in [-0.39, 0.29) is 31.6 Å². The van der Waals surface area contributed by atoms with Crippen molar-refractivity contribution >= 4 is 17.8 Å². The lowest BCUT2D eigenvalue weighted by atomic mass is 9.74. The van der Waals surface area contributed by atoms with Crippen LogP contribution in [0.3, 0.4) is 0 Å². The van der Waals surface area contributed by atoms with Gasteiger partial charge < -0.3 is 24.4 Å². The molecule has 2 saturated heterocycles. The van der Waals surface area contributed by atoms with Gasteiger partial charge in [-0.1, -0.05) is 54.6 Å². The number of ether oxygens (including phenoxy) is 2. The quantitative estimate of drug-likeness (QED) is 0.522. The first kappa shape index (κ1) is 23.8. The third-order valence-electron chi connectivity index (χ3n) is 7.64. The Bertz CT molecular complexity index is 1060. The van der Waals surface area contributed by atoms with Crippen molar-refractivity contribution in [3.8, 4) is 0 Å². The van der Waals surface area contributed by atoms with Crippen LogP contribution in [-0.4, -0.2) is 76.2 Å². The van der Waals surface area contributed by atoms with E-state index in [1.165, 1.54) is 4.90 Å². The number of allylic oxidation sites excluding steroid dienone is 1. The zero-order chi connectivity index (χ0) is 24.6. The SMILES string of the molecule is C[C@@]12/C=C\CCCCOC(=O)[C@@H]1[C@H]1C(=O)N(CCO)C3C(=O)N(Cc4ccccc4)CC=C[C@@]31O2. The zero-order valence-electron chi connectivity index (χ0n) is 20.0. The number of aliphatic hydroxyl groups is 1. The van der Waals surface area contributed by atoms with Gasteiger partial charge in [-0.3, -0.25) is 14.4 Å². The van der Waals surface area contributed by atoms with Crippen molar-refractivity contribution < 1.29 is 29.0 Å². The minimum absolute atomic E-state index is 0.0157. The summed E-state index contributed by atoms with van der Waals surface area (Å²) in [5, 5.41) is 9.76. The van der Waals surface area contributed by atoms with Gasteiger partial charge in [-0.25, -0.2) is 0 Å². The number of amides is 2. The average molecular weight is 481 g/mol. The maximum Gasteiger partial charge on any atom is 0.313 e. The standard InChI is InChI=1S/C27H32N2O6/c1-26-12-7-2-3-8-17-34-25(33)21(26)20-23(31)29(15-16-30)22-24(32)28(14-9-13-27(20,22)35-26)18-19-10-5-4-6-11-19/h4-7,9-13,20-22,30H,2-3,8,14-18H2,1H3/b12-7-/t20-,21-,22?,26+,27-/m0/s1. The summed E-state index contributed by atoms with van der Waals surface area (Å²) in [6.07, 6.45) is 9.97. The van der Waals surface area contributed by atoms with E-state index in [2.05, 4.69) is 0 Å². The molecule has 0 bridgehead atoms. The fourth-order valence-corrected chi connectivity index (χ4v) is 6.14. The second-order valence-electron chi connectivity index (χ2n) is 9.92. The number of carbonyl (C=O) groups is 3. The Morgan fingerprint density at radius 2 is 1.83 bits per heavy atom. The molecule has 1 aromatic rings. The molecule has 0 aliphatic carbocycles. The minimum atomic E-state index is -1.33. The number of rotatable bonds is 4. The number of hydrogen-bond donors (Lipinski definition) is 1. The summed E-state index contributed by atoms with van der Waals surface area (Å²) < 4.78 is 12.3. The first-order valence-corrected chi connectivity index (χ1v) is 12.4. The number of β-amino-alcohol motifs (C(OH)–C–C–N with tert-alkyl or cyclic N) is 1. The van der Waals surface area contributed by atoms with Crippen LogP contribution in [0.2, 0.25) is 0 Å². The van der Waals surface area contributed by atoms with Crippen LogP contribution < -0.4 is 0 Å². The van der Waals surface area contributed by atoms with Crippen molar-refractivity contribution in [1.82, 2.24) is 9.80 Å². The van der Waals surface area contributed by atoms with E-state index in [1.54, 1.807) is 17.9 Å². The highest BCUT2D eigenvalue weighted by molar-refractivity contribution is 5.99. The van der Waals surface area contributed by atoms with E-state index >= 15 is 0 Å². The van der Waals surface area contributed by atoms with E-state index in [4.69, 9.17) is 9.47 Å². The van der Waals surface area contributed by atoms with E-state index < -0.39 is 35.0 Å². The third-order valence-corrected chi connectivity index (χ3v) is 7.64. The van der Waals surface area contributed by atoms with Crippen LogP contribution in [0.25, 0.3) is 0 Å². The first-order valence-electron chi connectivity index (χ1n) is 12.4. The molecule has 5 rings (SSSR count). The zero-order valence-corrected chi connectivity index (χ0v) is 20.0. The highest BCUT2D eigenvalue weighted by atomic mass is 16.6. The Kier molecular flexibility index (Phi) is 6.27. The third kappa shape index (κ3) is 3.89. The molecule has 1 aromatic carbocycles. The fourth-order valence-electron chi connectivity index (χ4n) is 6.14. The second-order valence-corrected chi connectivity index (χ2v) is 9.92. The Balaban J connectivity index is 1.58. The molecule has 4 heterocycles. The molecule has 5 atom stereocenters. The minimum Gasteiger partial charge on any atom is -0.465 e. The molecule has 2 fully saturated rings. The molecule has 4 aliphatic heterocycles. The van der Waals surface area contributed by atoms with Crippen molar-refractivity contribution in [1.29, 1.82) is 0 Å². The highest BCUT2D eigenvalue weighted by Gasteiger charge is 2.74. The summed E-state index contributed by atoms with van der Waals surface area (Å²) in [5.41, 5.74) is -1.46. The lowest BCUT2D eigenvalue weighted by Gasteiger charge is -2.37. The monoisotopic (exact) mass is 480 g/mol. The average Bonchev–Trinajstić information content (AvgIpc) is 3.17. The van der Waals surface area contributed by atoms with Crippen LogP contribution in [0.1, 0.15) is 31.7 Å². The van der Waals surface area contributed by atoms with E-state index in [0.29, 0.717) is 13.1 Å². The van der Waals surface area contributed by atoms with Crippen molar-refractivity contribution in [2.24, 2.45) is 11.8 Å². The maximum atomic E-state index is 14.0. The molecule has 186 valence electrons. The Morgan fingerprint density at radius 3 is 2.60 bits per heavy atom. The van der Waals surface area contributed by atoms with Crippen molar-refractivity contribution in [2.45, 2.75) is 50.0 Å². The van der Waals surface area contributed by atoms with Gasteiger partial charge in [-0.05, 0) is 31.7 Å². The molecule has 1 N–H and O–H groups in total. The predicted octanol–water partition coefficient (Wildman–Crippen LogP) is 1.83. The molecule has 1 unspecified atom stereocenters. The van der Waals surface area contributed by atoms with Gasteiger partial charge in [0.1, 0.15) is 17.6 Å². The molecular weight excluding hydrogens is 448 g/mol. The van der Waals surface area contributed by atoms with Gasteiger partial charge in [-0.2, -0.15) is 0 Å². The van der Waals surface area contributed by atoms with Crippen molar-refractivity contribution in [3.05, 3.63) is 60.2 Å². The molecule has 8 heteroatoms. The van der Waals surface area contributed by atoms with E-state index in [9.17, 15) is 19.5 Å². The summed E-state index contributed by atoms with van der Waals surface area (Å²) in [7, 11) is 0.